The van der Waals surface area contributed by atoms with Crippen LogP contribution < -0.4 is 5.32 Å². The summed E-state index contributed by atoms with van der Waals surface area (Å²) in [6.45, 7) is 0. The fourth-order valence-corrected chi connectivity index (χ4v) is 2.46. The molecule has 8 heteroatoms. The van der Waals surface area contributed by atoms with Crippen molar-refractivity contribution in [3.8, 4) is 0 Å². The largest absolute Gasteiger partial charge is 0.469 e. The molecule has 24 heavy (non-hydrogen) atoms. The zero-order valence-electron chi connectivity index (χ0n) is 12.7. The maximum atomic E-state index is 12.2. The van der Waals surface area contributed by atoms with Gasteiger partial charge in [0.15, 0.2) is 0 Å². The first kappa shape index (κ1) is 20.2. The minimum absolute atomic E-state index is 0. The van der Waals surface area contributed by atoms with Crippen molar-refractivity contribution in [2.24, 2.45) is 0 Å². The van der Waals surface area contributed by atoms with Crippen molar-refractivity contribution in [2.75, 3.05) is 12.4 Å². The predicted molar refractivity (Wildman–Crippen MR) is 96.2 cm³/mol. The fraction of sp³-hybridized carbons (Fsp3) is 0.188. The number of hydrogen-bond donors (Lipinski definition) is 1. The molecule has 0 spiro atoms. The standard InChI is InChI=1S/C16H14Cl2N2O3.ClH/c1-23-14(21)7-4-10-2-5-11(6-3-10)20-16(22)15-12(17)8-19-9-13(15)18;/h2-3,5-6,8-9H,4,7H2,1H3,(H,20,22);1H. The molecule has 2 aromatic rings. The second kappa shape index (κ2) is 9.47. The molecule has 0 atom stereocenters. The quantitative estimate of drug-likeness (QED) is 0.779. The smallest absolute Gasteiger partial charge is 0.305 e. The lowest BCUT2D eigenvalue weighted by Crippen LogP contribution is -2.13. The minimum Gasteiger partial charge on any atom is -0.469 e. The molecule has 1 N–H and O–H groups in total. The molecule has 0 aliphatic rings. The molecular weight excluding hydrogens is 375 g/mol. The molecule has 0 saturated heterocycles. The van der Waals surface area contributed by atoms with E-state index in [1.54, 1.807) is 12.1 Å². The maximum Gasteiger partial charge on any atom is 0.305 e. The van der Waals surface area contributed by atoms with Gasteiger partial charge in [0.1, 0.15) is 0 Å². The molecule has 1 aromatic carbocycles. The highest BCUT2D eigenvalue weighted by Crippen LogP contribution is 2.24. The van der Waals surface area contributed by atoms with Crippen LogP contribution in [0.25, 0.3) is 0 Å². The summed E-state index contributed by atoms with van der Waals surface area (Å²) in [5, 5.41) is 3.09. The van der Waals surface area contributed by atoms with Gasteiger partial charge in [0, 0.05) is 24.5 Å². The topological polar surface area (TPSA) is 68.3 Å². The van der Waals surface area contributed by atoms with Crippen LogP contribution in [0.5, 0.6) is 0 Å². The number of aryl methyl sites for hydroxylation is 1. The SMILES string of the molecule is COC(=O)CCc1ccc(NC(=O)c2c(Cl)cncc2Cl)cc1.Cl. The number of hydrogen-bond acceptors (Lipinski definition) is 4. The van der Waals surface area contributed by atoms with Crippen LogP contribution in [-0.4, -0.2) is 24.0 Å². The van der Waals surface area contributed by atoms with Crippen LogP contribution in [0.1, 0.15) is 22.3 Å². The van der Waals surface area contributed by atoms with E-state index in [9.17, 15) is 9.59 Å². The number of benzene rings is 1. The maximum absolute atomic E-state index is 12.2. The molecule has 0 unspecified atom stereocenters. The molecule has 0 saturated carbocycles. The number of halogens is 3. The van der Waals surface area contributed by atoms with Gasteiger partial charge >= 0.3 is 5.97 Å². The summed E-state index contributed by atoms with van der Waals surface area (Å²) < 4.78 is 4.59. The number of pyridine rings is 1. The van der Waals surface area contributed by atoms with Gasteiger partial charge in [-0.05, 0) is 24.1 Å². The first-order valence-corrected chi connectivity index (χ1v) is 7.53. The molecule has 1 amide bonds. The zero-order chi connectivity index (χ0) is 16.8. The van der Waals surface area contributed by atoms with E-state index >= 15 is 0 Å². The zero-order valence-corrected chi connectivity index (χ0v) is 15.0. The number of anilines is 1. The second-order valence-corrected chi connectivity index (χ2v) is 5.52. The van der Waals surface area contributed by atoms with E-state index in [1.165, 1.54) is 19.5 Å². The van der Waals surface area contributed by atoms with E-state index in [4.69, 9.17) is 23.2 Å². The summed E-state index contributed by atoms with van der Waals surface area (Å²) in [6.07, 6.45) is 3.60. The van der Waals surface area contributed by atoms with Crippen molar-refractivity contribution in [3.05, 3.63) is 57.8 Å². The third-order valence-corrected chi connectivity index (χ3v) is 3.71. The Bertz CT molecular complexity index is 701. The Morgan fingerprint density at radius 3 is 2.25 bits per heavy atom. The highest BCUT2D eigenvalue weighted by Gasteiger charge is 2.15. The van der Waals surface area contributed by atoms with Crippen molar-refractivity contribution >= 4 is 53.2 Å². The average Bonchev–Trinajstić information content (AvgIpc) is 2.53. The fourth-order valence-electron chi connectivity index (χ4n) is 1.93. The van der Waals surface area contributed by atoms with Crippen molar-refractivity contribution in [1.82, 2.24) is 4.98 Å². The molecule has 0 radical (unpaired) electrons. The van der Waals surface area contributed by atoms with Gasteiger partial charge < -0.3 is 10.1 Å². The Balaban J connectivity index is 0.00000288. The first-order chi connectivity index (χ1) is 11.0. The summed E-state index contributed by atoms with van der Waals surface area (Å²) in [4.78, 5) is 27.1. The second-order valence-electron chi connectivity index (χ2n) is 4.71. The molecule has 0 aliphatic heterocycles. The molecule has 1 aromatic heterocycles. The van der Waals surface area contributed by atoms with Gasteiger partial charge in [-0.1, -0.05) is 35.3 Å². The van der Waals surface area contributed by atoms with Crippen LogP contribution in [0.15, 0.2) is 36.7 Å². The Morgan fingerprint density at radius 1 is 1.12 bits per heavy atom. The van der Waals surface area contributed by atoms with Crippen molar-refractivity contribution in [2.45, 2.75) is 12.8 Å². The van der Waals surface area contributed by atoms with Crippen LogP contribution in [0.3, 0.4) is 0 Å². The summed E-state index contributed by atoms with van der Waals surface area (Å²) in [5.41, 5.74) is 1.74. The van der Waals surface area contributed by atoms with Gasteiger partial charge in [-0.25, -0.2) is 0 Å². The summed E-state index contributed by atoms with van der Waals surface area (Å²) >= 11 is 11.9. The number of esters is 1. The van der Waals surface area contributed by atoms with Crippen LogP contribution >= 0.6 is 35.6 Å². The minimum atomic E-state index is -0.412. The summed E-state index contributed by atoms with van der Waals surface area (Å²) in [7, 11) is 1.36. The number of carbonyl (C=O) groups excluding carboxylic acids is 2. The van der Waals surface area contributed by atoms with Gasteiger partial charge in [-0.3, -0.25) is 14.6 Å². The van der Waals surface area contributed by atoms with E-state index in [-0.39, 0.29) is 34.0 Å². The van der Waals surface area contributed by atoms with E-state index in [0.29, 0.717) is 18.5 Å². The van der Waals surface area contributed by atoms with Gasteiger partial charge in [0.25, 0.3) is 5.91 Å². The molecule has 1 heterocycles. The van der Waals surface area contributed by atoms with E-state index in [1.807, 2.05) is 12.1 Å². The Labute approximate surface area is 155 Å². The number of ether oxygens (including phenoxy) is 1. The van der Waals surface area contributed by atoms with Gasteiger partial charge in [0.2, 0.25) is 0 Å². The Kier molecular flexibility index (Phi) is 7.98. The van der Waals surface area contributed by atoms with Crippen molar-refractivity contribution < 1.29 is 14.3 Å². The Morgan fingerprint density at radius 2 is 1.71 bits per heavy atom. The van der Waals surface area contributed by atoms with Crippen molar-refractivity contribution in [1.29, 1.82) is 0 Å². The van der Waals surface area contributed by atoms with Crippen LogP contribution in [0.2, 0.25) is 10.0 Å². The normalized spacial score (nSPS) is 9.79. The lowest BCUT2D eigenvalue weighted by molar-refractivity contribution is -0.140. The molecular formula is C16H15Cl3N2O3. The van der Waals surface area contributed by atoms with Crippen LogP contribution in [0, 0.1) is 0 Å². The van der Waals surface area contributed by atoms with Gasteiger partial charge in [-0.15, -0.1) is 12.4 Å². The van der Waals surface area contributed by atoms with Gasteiger partial charge in [-0.2, -0.15) is 0 Å². The number of carbonyl (C=O) groups is 2. The number of methoxy groups -OCH3 is 1. The molecule has 128 valence electrons. The van der Waals surface area contributed by atoms with E-state index in [2.05, 4.69) is 15.0 Å². The Hall–Kier alpha value is -1.82. The number of amides is 1. The number of nitrogens with zero attached hydrogens (tertiary/aromatic N) is 1. The third-order valence-electron chi connectivity index (χ3n) is 3.14. The first-order valence-electron chi connectivity index (χ1n) is 6.77. The van der Waals surface area contributed by atoms with Crippen molar-refractivity contribution in [3.63, 3.8) is 0 Å². The average molecular weight is 390 g/mol. The monoisotopic (exact) mass is 388 g/mol. The van der Waals surface area contributed by atoms with E-state index < -0.39 is 5.91 Å². The summed E-state index contributed by atoms with van der Waals surface area (Å²) in [5.74, 6) is -0.672. The van der Waals surface area contributed by atoms with Crippen LogP contribution in [-0.2, 0) is 16.0 Å². The van der Waals surface area contributed by atoms with Crippen LogP contribution in [0.4, 0.5) is 5.69 Å². The van der Waals surface area contributed by atoms with Gasteiger partial charge in [0.05, 0.1) is 22.7 Å². The predicted octanol–water partition coefficient (Wildman–Crippen LogP) is 4.17. The molecule has 5 nitrogen and oxygen atoms in total. The molecule has 0 fully saturated rings. The highest BCUT2D eigenvalue weighted by molar-refractivity contribution is 6.40. The number of nitrogens with one attached hydrogen (secondary N) is 1. The number of rotatable bonds is 5. The molecule has 2 rings (SSSR count). The molecule has 0 bridgehead atoms. The van der Waals surface area contributed by atoms with E-state index in [0.717, 1.165) is 5.56 Å². The lowest BCUT2D eigenvalue weighted by atomic mass is 10.1. The highest BCUT2D eigenvalue weighted by atomic mass is 35.5. The summed E-state index contributed by atoms with van der Waals surface area (Å²) in [6, 6.07) is 7.14. The number of aromatic nitrogens is 1. The third kappa shape index (κ3) is 5.37. The lowest BCUT2D eigenvalue weighted by Gasteiger charge is -2.09. The molecule has 0 aliphatic carbocycles.